The molecule has 17 heavy (non-hydrogen) atoms. The second kappa shape index (κ2) is 4.81. The molecule has 1 fully saturated rings. The summed E-state index contributed by atoms with van der Waals surface area (Å²) >= 11 is 1.67. The van der Waals surface area contributed by atoms with Crippen LogP contribution in [0.25, 0.3) is 0 Å². The normalized spacial score (nSPS) is 20.1. The largest absolute Gasteiger partial charge is 0.339 e. The summed E-state index contributed by atoms with van der Waals surface area (Å²) in [4.78, 5) is 15.9. The van der Waals surface area contributed by atoms with Gasteiger partial charge in [0, 0.05) is 18.0 Å². The number of hydrogen-bond acceptors (Lipinski definition) is 2. The van der Waals surface area contributed by atoms with Crippen molar-refractivity contribution in [1.29, 1.82) is 0 Å². The Morgan fingerprint density at radius 1 is 1.06 bits per heavy atom. The molecule has 0 N–H and O–H groups in total. The lowest BCUT2D eigenvalue weighted by Gasteiger charge is -2.27. The lowest BCUT2D eigenvalue weighted by Crippen LogP contribution is -2.36. The van der Waals surface area contributed by atoms with Crippen LogP contribution in [0.2, 0.25) is 0 Å². The Bertz CT molecular complexity index is 418. The van der Waals surface area contributed by atoms with Gasteiger partial charge in [0.15, 0.2) is 0 Å². The molecule has 1 amide bonds. The molecule has 0 saturated carbocycles. The molecule has 0 aromatic carbocycles. The zero-order valence-corrected chi connectivity index (χ0v) is 10.9. The predicted molar refractivity (Wildman–Crippen MR) is 69.6 cm³/mol. The van der Waals surface area contributed by atoms with Crippen LogP contribution in [-0.4, -0.2) is 23.9 Å². The molecule has 1 aliphatic carbocycles. The highest BCUT2D eigenvalue weighted by Gasteiger charge is 2.25. The summed E-state index contributed by atoms with van der Waals surface area (Å²) in [6.45, 7) is 1.88. The Morgan fingerprint density at radius 2 is 1.82 bits per heavy atom. The maximum absolute atomic E-state index is 12.4. The molecule has 0 bridgehead atoms. The summed E-state index contributed by atoms with van der Waals surface area (Å²) in [5, 5.41) is 3.26. The van der Waals surface area contributed by atoms with E-state index < -0.39 is 0 Å². The van der Waals surface area contributed by atoms with E-state index >= 15 is 0 Å². The van der Waals surface area contributed by atoms with Gasteiger partial charge in [0.1, 0.15) is 0 Å². The third-order valence-electron chi connectivity index (χ3n) is 3.85. The number of hydrogen-bond donors (Lipinski definition) is 0. The van der Waals surface area contributed by atoms with Gasteiger partial charge in [-0.1, -0.05) is 0 Å². The van der Waals surface area contributed by atoms with Gasteiger partial charge in [-0.3, -0.25) is 4.79 Å². The maximum atomic E-state index is 12.4. The van der Waals surface area contributed by atoms with E-state index in [1.54, 1.807) is 11.3 Å². The van der Waals surface area contributed by atoms with Crippen LogP contribution in [0.1, 0.15) is 52.9 Å². The van der Waals surface area contributed by atoms with Gasteiger partial charge in [-0.2, -0.15) is 0 Å². The quantitative estimate of drug-likeness (QED) is 0.748. The molecule has 2 aliphatic rings. The van der Waals surface area contributed by atoms with Gasteiger partial charge in [0.2, 0.25) is 0 Å². The molecule has 3 rings (SSSR count). The van der Waals surface area contributed by atoms with E-state index in [9.17, 15) is 4.79 Å². The summed E-state index contributed by atoms with van der Waals surface area (Å²) in [5.41, 5.74) is 2.21. The molecule has 91 valence electrons. The molecule has 1 aromatic rings. The monoisotopic (exact) mass is 248 g/mol. The van der Waals surface area contributed by atoms with Crippen molar-refractivity contribution >= 4 is 17.2 Å². The zero-order valence-electron chi connectivity index (χ0n) is 10.1. The second-order valence-corrected chi connectivity index (χ2v) is 5.94. The van der Waals surface area contributed by atoms with Crippen molar-refractivity contribution in [2.24, 2.45) is 0 Å². The lowest BCUT2D eigenvalue weighted by molar-refractivity contribution is 0.0723. The minimum Gasteiger partial charge on any atom is -0.339 e. The van der Waals surface area contributed by atoms with E-state index in [1.807, 2.05) is 4.90 Å². The fraction of sp³-hybridized carbons (Fsp3) is 0.643. The Kier molecular flexibility index (Phi) is 3.19. The number of aryl methyl sites for hydroxylation is 1. The van der Waals surface area contributed by atoms with Crippen LogP contribution >= 0.6 is 11.3 Å². The van der Waals surface area contributed by atoms with E-state index in [2.05, 4.69) is 5.38 Å². The number of piperidine rings is 1. The molecular formula is C14H18NOS. The van der Waals surface area contributed by atoms with Crippen molar-refractivity contribution in [3.63, 3.8) is 0 Å². The van der Waals surface area contributed by atoms with Gasteiger partial charge >= 0.3 is 0 Å². The number of nitrogens with zero attached hydrogens (tertiary/aromatic N) is 1. The SMILES string of the molecule is O=C(c1[c]sc2c1CCCC2)N1CCCCC1. The van der Waals surface area contributed by atoms with Gasteiger partial charge in [0.25, 0.3) is 5.91 Å². The van der Waals surface area contributed by atoms with Crippen LogP contribution in [0.3, 0.4) is 0 Å². The van der Waals surface area contributed by atoms with E-state index in [1.165, 1.54) is 29.7 Å². The topological polar surface area (TPSA) is 20.3 Å². The zero-order chi connectivity index (χ0) is 11.7. The van der Waals surface area contributed by atoms with Crippen molar-refractivity contribution < 1.29 is 4.79 Å². The fourth-order valence-corrected chi connectivity index (χ4v) is 3.87. The first-order valence-electron chi connectivity index (χ1n) is 6.68. The number of thiophene rings is 1. The van der Waals surface area contributed by atoms with Crippen molar-refractivity contribution in [3.8, 4) is 0 Å². The average Bonchev–Trinajstić information content (AvgIpc) is 2.83. The maximum Gasteiger partial charge on any atom is 0.255 e. The molecular weight excluding hydrogens is 230 g/mol. The van der Waals surface area contributed by atoms with E-state index in [0.29, 0.717) is 0 Å². The first-order chi connectivity index (χ1) is 8.36. The summed E-state index contributed by atoms with van der Waals surface area (Å²) < 4.78 is 0. The standard InChI is InChI=1S/C14H18NOS/c16-14(15-8-4-1-5-9-15)12-10-17-13-7-3-2-6-11(12)13/h1-9H2. The van der Waals surface area contributed by atoms with Crippen molar-refractivity contribution in [2.75, 3.05) is 13.1 Å². The van der Waals surface area contributed by atoms with Crippen LogP contribution in [0.15, 0.2) is 0 Å². The molecule has 0 spiro atoms. The fourth-order valence-electron chi connectivity index (χ4n) is 2.86. The first kappa shape index (κ1) is 11.3. The first-order valence-corrected chi connectivity index (χ1v) is 7.49. The molecule has 2 nitrogen and oxygen atoms in total. The number of likely N-dealkylation sites (tertiary alicyclic amines) is 1. The van der Waals surface area contributed by atoms with E-state index in [0.717, 1.165) is 44.3 Å². The molecule has 2 heterocycles. The molecule has 1 aromatic heterocycles. The highest BCUT2D eigenvalue weighted by Crippen LogP contribution is 2.30. The Balaban J connectivity index is 1.83. The predicted octanol–water partition coefficient (Wildman–Crippen LogP) is 3.05. The Labute approximate surface area is 107 Å². The van der Waals surface area contributed by atoms with Gasteiger partial charge in [0.05, 0.1) is 10.9 Å². The van der Waals surface area contributed by atoms with Gasteiger partial charge in [-0.05, 0) is 50.5 Å². The van der Waals surface area contributed by atoms with Crippen LogP contribution in [-0.2, 0) is 12.8 Å². The minimum absolute atomic E-state index is 0.240. The van der Waals surface area contributed by atoms with Gasteiger partial charge < -0.3 is 4.90 Å². The lowest BCUT2D eigenvalue weighted by atomic mass is 9.95. The summed E-state index contributed by atoms with van der Waals surface area (Å²) in [5.74, 6) is 0.240. The number of carbonyl (C=O) groups is 1. The molecule has 1 saturated heterocycles. The summed E-state index contributed by atoms with van der Waals surface area (Å²) in [6, 6.07) is 0. The van der Waals surface area contributed by atoms with E-state index in [-0.39, 0.29) is 5.91 Å². The van der Waals surface area contributed by atoms with Crippen LogP contribution < -0.4 is 0 Å². The Morgan fingerprint density at radius 3 is 2.65 bits per heavy atom. The number of amides is 1. The van der Waals surface area contributed by atoms with Gasteiger partial charge in [-0.25, -0.2) is 0 Å². The van der Waals surface area contributed by atoms with Crippen molar-refractivity contribution in [1.82, 2.24) is 4.90 Å². The van der Waals surface area contributed by atoms with Crippen molar-refractivity contribution in [2.45, 2.75) is 44.9 Å². The van der Waals surface area contributed by atoms with Crippen LogP contribution in [0.4, 0.5) is 0 Å². The molecule has 1 radical (unpaired) electrons. The molecule has 0 unspecified atom stereocenters. The van der Waals surface area contributed by atoms with Crippen molar-refractivity contribution in [3.05, 3.63) is 21.4 Å². The van der Waals surface area contributed by atoms with Crippen LogP contribution in [0, 0.1) is 5.38 Å². The number of fused-ring (bicyclic) bond motifs is 1. The number of carbonyl (C=O) groups excluding carboxylic acids is 1. The molecule has 0 atom stereocenters. The van der Waals surface area contributed by atoms with E-state index in [4.69, 9.17) is 0 Å². The third-order valence-corrected chi connectivity index (χ3v) is 4.86. The average molecular weight is 248 g/mol. The third kappa shape index (κ3) is 2.13. The second-order valence-electron chi connectivity index (χ2n) is 5.04. The summed E-state index contributed by atoms with van der Waals surface area (Å²) in [7, 11) is 0. The molecule has 3 heteroatoms. The summed E-state index contributed by atoms with van der Waals surface area (Å²) in [6.07, 6.45) is 8.36. The Hall–Kier alpha value is -0.830. The van der Waals surface area contributed by atoms with Crippen LogP contribution in [0.5, 0.6) is 0 Å². The minimum atomic E-state index is 0.240. The number of rotatable bonds is 1. The highest BCUT2D eigenvalue weighted by molar-refractivity contribution is 7.10. The highest BCUT2D eigenvalue weighted by atomic mass is 32.1. The van der Waals surface area contributed by atoms with Gasteiger partial charge in [-0.15, -0.1) is 11.3 Å². The molecule has 1 aliphatic heterocycles. The smallest absolute Gasteiger partial charge is 0.255 e.